The predicted octanol–water partition coefficient (Wildman–Crippen LogP) is 5.18. The van der Waals surface area contributed by atoms with Crippen LogP contribution in [0, 0.1) is 17.8 Å². The van der Waals surface area contributed by atoms with Crippen LogP contribution in [0.15, 0.2) is 48.5 Å². The van der Waals surface area contributed by atoms with Crippen LogP contribution in [0.5, 0.6) is 11.5 Å². The van der Waals surface area contributed by atoms with Gasteiger partial charge in [-0.05, 0) is 72.4 Å². The first-order valence-corrected chi connectivity index (χ1v) is 10.5. The first-order chi connectivity index (χ1) is 14.1. The summed E-state index contributed by atoms with van der Waals surface area (Å²) < 4.78 is 16.5. The Labute approximate surface area is 173 Å². The first kappa shape index (κ1) is 19.8. The molecule has 0 aliphatic heterocycles. The van der Waals surface area contributed by atoms with Crippen molar-refractivity contribution in [1.29, 1.82) is 0 Å². The molecule has 0 N–H and O–H groups in total. The van der Waals surface area contributed by atoms with Gasteiger partial charge in [0.25, 0.3) is 0 Å². The zero-order valence-electron chi connectivity index (χ0n) is 17.5. The van der Waals surface area contributed by atoms with Gasteiger partial charge in [0.15, 0.2) is 0 Å². The summed E-state index contributed by atoms with van der Waals surface area (Å²) in [5.41, 5.74) is 2.51. The predicted molar refractivity (Wildman–Crippen MR) is 112 cm³/mol. The molecular formula is C25H30O4. The molecule has 2 aliphatic carbocycles. The van der Waals surface area contributed by atoms with E-state index in [4.69, 9.17) is 14.2 Å². The Morgan fingerprint density at radius 1 is 1.07 bits per heavy atom. The number of methoxy groups -OCH3 is 2. The number of carbonyl (C=O) groups excluding carboxylic acids is 1. The summed E-state index contributed by atoms with van der Waals surface area (Å²) in [6, 6.07) is 16.6. The van der Waals surface area contributed by atoms with Crippen molar-refractivity contribution in [2.24, 2.45) is 17.8 Å². The van der Waals surface area contributed by atoms with Crippen molar-refractivity contribution < 1.29 is 19.0 Å². The minimum atomic E-state index is -0.136. The number of hydrogen-bond acceptors (Lipinski definition) is 4. The molecule has 0 radical (unpaired) electrons. The minimum Gasteiger partial charge on any atom is -0.497 e. The van der Waals surface area contributed by atoms with E-state index in [1.165, 1.54) is 31.1 Å². The molecule has 2 aromatic carbocycles. The molecule has 0 aromatic heterocycles. The topological polar surface area (TPSA) is 44.8 Å². The Bertz CT molecular complexity index is 857. The van der Waals surface area contributed by atoms with Crippen LogP contribution in [0.25, 0.3) is 0 Å². The lowest BCUT2D eigenvalue weighted by Crippen LogP contribution is -2.22. The van der Waals surface area contributed by atoms with Gasteiger partial charge in [0.05, 0.1) is 26.7 Å². The fourth-order valence-corrected chi connectivity index (χ4v) is 4.48. The molecule has 2 aliphatic rings. The SMILES string of the molecule is COC(=O)C(C)C(c1cccc(OCC2CC2c2cccc(OC)c2)c1)C1CC1. The van der Waals surface area contributed by atoms with Crippen molar-refractivity contribution >= 4 is 5.97 Å². The van der Waals surface area contributed by atoms with Gasteiger partial charge in [-0.2, -0.15) is 0 Å². The van der Waals surface area contributed by atoms with Crippen molar-refractivity contribution in [2.45, 2.75) is 38.0 Å². The third-order valence-electron chi connectivity index (χ3n) is 6.39. The third-order valence-corrected chi connectivity index (χ3v) is 6.39. The number of benzene rings is 2. The van der Waals surface area contributed by atoms with Crippen LogP contribution in [-0.2, 0) is 9.53 Å². The summed E-state index contributed by atoms with van der Waals surface area (Å²) >= 11 is 0. The lowest BCUT2D eigenvalue weighted by atomic mass is 9.83. The molecule has 4 rings (SSSR count). The van der Waals surface area contributed by atoms with Gasteiger partial charge in [-0.3, -0.25) is 4.79 Å². The van der Waals surface area contributed by atoms with Gasteiger partial charge < -0.3 is 14.2 Å². The van der Waals surface area contributed by atoms with E-state index in [-0.39, 0.29) is 17.8 Å². The van der Waals surface area contributed by atoms with Crippen LogP contribution >= 0.6 is 0 Å². The number of esters is 1. The highest BCUT2D eigenvalue weighted by molar-refractivity contribution is 5.73. The van der Waals surface area contributed by atoms with Gasteiger partial charge in [0, 0.05) is 5.92 Å². The largest absolute Gasteiger partial charge is 0.497 e. The summed E-state index contributed by atoms with van der Waals surface area (Å²) in [6.07, 6.45) is 3.51. The standard InChI is InChI=1S/C25H30O4/c1-16(25(26)28-3)24(17-10-11-17)19-7-5-9-22(13-19)29-15-20-14-23(20)18-6-4-8-21(12-18)27-2/h4-9,12-13,16-17,20,23-24H,10-11,14-15H2,1-3H3. The number of rotatable bonds is 9. The molecule has 2 aromatic rings. The van der Waals surface area contributed by atoms with Gasteiger partial charge in [-0.1, -0.05) is 31.2 Å². The van der Waals surface area contributed by atoms with Crippen LogP contribution in [-0.4, -0.2) is 26.8 Å². The molecule has 0 saturated heterocycles. The summed E-state index contributed by atoms with van der Waals surface area (Å²) in [4.78, 5) is 12.1. The average molecular weight is 395 g/mol. The van der Waals surface area contributed by atoms with E-state index >= 15 is 0 Å². The summed E-state index contributed by atoms with van der Waals surface area (Å²) in [5.74, 6) is 3.40. The molecule has 4 heteroatoms. The van der Waals surface area contributed by atoms with Crippen molar-refractivity contribution in [1.82, 2.24) is 0 Å². The third kappa shape index (κ3) is 4.58. The molecular weight excluding hydrogens is 364 g/mol. The molecule has 4 atom stereocenters. The van der Waals surface area contributed by atoms with Crippen LogP contribution in [0.4, 0.5) is 0 Å². The van der Waals surface area contributed by atoms with Crippen LogP contribution in [0.2, 0.25) is 0 Å². The lowest BCUT2D eigenvalue weighted by molar-refractivity contribution is -0.145. The molecule has 4 unspecified atom stereocenters. The second kappa shape index (κ2) is 8.48. The molecule has 4 nitrogen and oxygen atoms in total. The highest BCUT2D eigenvalue weighted by atomic mass is 16.5. The second-order valence-corrected chi connectivity index (χ2v) is 8.44. The van der Waals surface area contributed by atoms with E-state index in [2.05, 4.69) is 24.3 Å². The maximum atomic E-state index is 12.1. The Hall–Kier alpha value is -2.49. The van der Waals surface area contributed by atoms with E-state index in [1.807, 2.05) is 31.2 Å². The van der Waals surface area contributed by atoms with Gasteiger partial charge in [-0.15, -0.1) is 0 Å². The van der Waals surface area contributed by atoms with Crippen molar-refractivity contribution in [3.8, 4) is 11.5 Å². The van der Waals surface area contributed by atoms with Gasteiger partial charge >= 0.3 is 5.97 Å². The zero-order chi connectivity index (χ0) is 20.4. The summed E-state index contributed by atoms with van der Waals surface area (Å²) in [6.45, 7) is 2.69. The molecule has 0 spiro atoms. The average Bonchev–Trinajstić information content (AvgIpc) is 3.67. The number of ether oxygens (including phenoxy) is 3. The van der Waals surface area contributed by atoms with Crippen molar-refractivity contribution in [3.05, 3.63) is 59.7 Å². The molecule has 2 fully saturated rings. The van der Waals surface area contributed by atoms with Gasteiger partial charge in [-0.25, -0.2) is 0 Å². The Morgan fingerprint density at radius 2 is 1.83 bits per heavy atom. The Kier molecular flexibility index (Phi) is 5.79. The van der Waals surface area contributed by atoms with Crippen molar-refractivity contribution in [2.75, 3.05) is 20.8 Å². The fourth-order valence-electron chi connectivity index (χ4n) is 4.48. The second-order valence-electron chi connectivity index (χ2n) is 8.44. The van der Waals surface area contributed by atoms with Crippen molar-refractivity contribution in [3.63, 3.8) is 0 Å². The Morgan fingerprint density at radius 3 is 2.55 bits per heavy atom. The molecule has 0 heterocycles. The molecule has 0 bridgehead atoms. The molecule has 154 valence electrons. The molecule has 29 heavy (non-hydrogen) atoms. The van der Waals surface area contributed by atoms with Crippen LogP contribution in [0.1, 0.15) is 49.1 Å². The minimum absolute atomic E-state index is 0.132. The van der Waals surface area contributed by atoms with Gasteiger partial charge in [0.2, 0.25) is 0 Å². The maximum absolute atomic E-state index is 12.1. The van der Waals surface area contributed by atoms with E-state index in [1.54, 1.807) is 7.11 Å². The smallest absolute Gasteiger partial charge is 0.309 e. The van der Waals surface area contributed by atoms with Crippen LogP contribution in [0.3, 0.4) is 0 Å². The summed E-state index contributed by atoms with van der Waals surface area (Å²) in [7, 11) is 3.17. The quantitative estimate of drug-likeness (QED) is 0.550. The monoisotopic (exact) mass is 394 g/mol. The summed E-state index contributed by atoms with van der Waals surface area (Å²) in [5, 5.41) is 0. The fraction of sp³-hybridized carbons (Fsp3) is 0.480. The van der Waals surface area contributed by atoms with Gasteiger partial charge in [0.1, 0.15) is 11.5 Å². The van der Waals surface area contributed by atoms with E-state index < -0.39 is 0 Å². The highest BCUT2D eigenvalue weighted by Crippen LogP contribution is 2.49. The zero-order valence-corrected chi connectivity index (χ0v) is 17.5. The van der Waals surface area contributed by atoms with E-state index in [0.29, 0.717) is 24.4 Å². The highest BCUT2D eigenvalue weighted by Gasteiger charge is 2.40. The maximum Gasteiger partial charge on any atom is 0.309 e. The van der Waals surface area contributed by atoms with E-state index in [9.17, 15) is 4.79 Å². The first-order valence-electron chi connectivity index (χ1n) is 10.5. The normalized spacial score (nSPS) is 22.4. The molecule has 2 saturated carbocycles. The number of carbonyl (C=O) groups is 1. The Balaban J connectivity index is 1.39. The number of hydrogen-bond donors (Lipinski definition) is 0. The lowest BCUT2D eigenvalue weighted by Gasteiger charge is -2.23. The van der Waals surface area contributed by atoms with E-state index in [0.717, 1.165) is 17.9 Å². The molecule has 0 amide bonds. The van der Waals surface area contributed by atoms with Crippen LogP contribution < -0.4 is 9.47 Å².